The lowest BCUT2D eigenvalue weighted by atomic mass is 10.0. The molecule has 0 atom stereocenters. The molecular weight excluding hydrogens is 327 g/mol. The van der Waals surface area contributed by atoms with Crippen LogP contribution < -0.4 is 5.32 Å². The smallest absolute Gasteiger partial charge is 0.240 e. The van der Waals surface area contributed by atoms with Crippen LogP contribution in [0.25, 0.3) is 0 Å². The average Bonchev–Trinajstić information content (AvgIpc) is 3.33. The maximum Gasteiger partial charge on any atom is 0.240 e. The van der Waals surface area contributed by atoms with E-state index < -0.39 is 5.41 Å². The highest BCUT2D eigenvalue weighted by Gasteiger charge is 2.58. The fraction of sp³-hybridized carbons (Fsp3) is 0.467. The Bertz CT molecular complexity index is 611. The van der Waals surface area contributed by atoms with E-state index >= 15 is 0 Å². The van der Waals surface area contributed by atoms with Crippen molar-refractivity contribution in [3.05, 3.63) is 28.2 Å². The molecular formula is C15H16Cl2N2O3. The third kappa shape index (κ3) is 2.93. The molecule has 118 valence electrons. The van der Waals surface area contributed by atoms with Crippen LogP contribution in [-0.4, -0.2) is 43.0 Å². The van der Waals surface area contributed by atoms with E-state index in [1.54, 1.807) is 23.1 Å². The number of nitrogens with one attached hydrogen (secondary N) is 1. The molecule has 2 amide bonds. The Morgan fingerprint density at radius 1 is 1.14 bits per heavy atom. The van der Waals surface area contributed by atoms with Gasteiger partial charge in [0.25, 0.3) is 0 Å². The summed E-state index contributed by atoms with van der Waals surface area (Å²) >= 11 is 11.8. The molecule has 1 saturated carbocycles. The number of benzene rings is 1. The summed E-state index contributed by atoms with van der Waals surface area (Å²) in [7, 11) is 0. The van der Waals surface area contributed by atoms with Crippen LogP contribution in [0.5, 0.6) is 0 Å². The summed E-state index contributed by atoms with van der Waals surface area (Å²) in [4.78, 5) is 26.8. The molecule has 1 aromatic carbocycles. The second-order valence-corrected chi connectivity index (χ2v) is 6.38. The van der Waals surface area contributed by atoms with Crippen LogP contribution in [0, 0.1) is 5.41 Å². The molecule has 0 unspecified atom stereocenters. The van der Waals surface area contributed by atoms with Crippen LogP contribution >= 0.6 is 23.2 Å². The van der Waals surface area contributed by atoms with E-state index in [-0.39, 0.29) is 11.8 Å². The number of nitrogens with zero attached hydrogens (tertiary/aromatic N) is 1. The van der Waals surface area contributed by atoms with Crippen LogP contribution in [0.15, 0.2) is 18.2 Å². The highest BCUT2D eigenvalue weighted by Crippen LogP contribution is 2.48. The number of ether oxygens (including phenoxy) is 1. The molecule has 2 fully saturated rings. The SMILES string of the molecule is O=C(Nc1ccc(Cl)c(Cl)c1)C1(C(=O)N2CCOCC2)CC1. The molecule has 0 radical (unpaired) electrons. The predicted molar refractivity (Wildman–Crippen MR) is 84.2 cm³/mol. The van der Waals surface area contributed by atoms with Crippen molar-refractivity contribution in [3.63, 3.8) is 0 Å². The number of rotatable bonds is 3. The van der Waals surface area contributed by atoms with E-state index in [2.05, 4.69) is 5.32 Å². The zero-order valence-corrected chi connectivity index (χ0v) is 13.4. The standard InChI is InChI=1S/C15H16Cl2N2O3/c16-11-2-1-10(9-12(11)17)18-13(20)15(3-4-15)14(21)19-5-7-22-8-6-19/h1-2,9H,3-8H2,(H,18,20). The highest BCUT2D eigenvalue weighted by atomic mass is 35.5. The minimum Gasteiger partial charge on any atom is -0.378 e. The number of morpholine rings is 1. The lowest BCUT2D eigenvalue weighted by molar-refractivity contribution is -0.145. The zero-order chi connectivity index (χ0) is 15.7. The Labute approximate surface area is 138 Å². The quantitative estimate of drug-likeness (QED) is 0.859. The summed E-state index contributed by atoms with van der Waals surface area (Å²) in [5, 5.41) is 3.56. The van der Waals surface area contributed by atoms with Gasteiger partial charge in [-0.3, -0.25) is 9.59 Å². The van der Waals surface area contributed by atoms with Gasteiger partial charge in [-0.15, -0.1) is 0 Å². The molecule has 7 heteroatoms. The molecule has 2 aliphatic rings. The second-order valence-electron chi connectivity index (χ2n) is 5.57. The number of amides is 2. The van der Waals surface area contributed by atoms with E-state index in [1.807, 2.05) is 0 Å². The molecule has 1 aromatic rings. The van der Waals surface area contributed by atoms with Gasteiger partial charge < -0.3 is 15.0 Å². The summed E-state index contributed by atoms with van der Waals surface area (Å²) in [6.07, 6.45) is 1.16. The van der Waals surface area contributed by atoms with Crippen LogP contribution in [0.3, 0.4) is 0 Å². The van der Waals surface area contributed by atoms with Gasteiger partial charge in [0.2, 0.25) is 11.8 Å². The van der Waals surface area contributed by atoms with Crippen molar-refractivity contribution in [1.82, 2.24) is 4.90 Å². The number of hydrogen-bond donors (Lipinski definition) is 1. The number of anilines is 1. The van der Waals surface area contributed by atoms with Gasteiger partial charge in [0.1, 0.15) is 5.41 Å². The molecule has 1 aliphatic heterocycles. The van der Waals surface area contributed by atoms with E-state index in [1.165, 1.54) is 0 Å². The molecule has 1 heterocycles. The normalized spacial score (nSPS) is 19.6. The number of carbonyl (C=O) groups is 2. The monoisotopic (exact) mass is 342 g/mol. The Hall–Kier alpha value is -1.30. The molecule has 5 nitrogen and oxygen atoms in total. The van der Waals surface area contributed by atoms with Crippen molar-refractivity contribution in [2.45, 2.75) is 12.8 Å². The van der Waals surface area contributed by atoms with Crippen LogP contribution in [-0.2, 0) is 14.3 Å². The van der Waals surface area contributed by atoms with Gasteiger partial charge >= 0.3 is 0 Å². The van der Waals surface area contributed by atoms with Gasteiger partial charge in [0.05, 0.1) is 23.3 Å². The van der Waals surface area contributed by atoms with Crippen molar-refractivity contribution >= 4 is 40.7 Å². The van der Waals surface area contributed by atoms with Crippen LogP contribution in [0.2, 0.25) is 10.0 Å². The van der Waals surface area contributed by atoms with Crippen molar-refractivity contribution in [1.29, 1.82) is 0 Å². The Morgan fingerprint density at radius 3 is 2.41 bits per heavy atom. The van der Waals surface area contributed by atoms with Crippen molar-refractivity contribution in [2.24, 2.45) is 5.41 Å². The largest absolute Gasteiger partial charge is 0.378 e. The van der Waals surface area contributed by atoms with Gasteiger partial charge in [0, 0.05) is 18.8 Å². The number of halogens is 2. The lowest BCUT2D eigenvalue weighted by Crippen LogP contribution is -2.47. The van der Waals surface area contributed by atoms with E-state index in [0.29, 0.717) is 54.9 Å². The Morgan fingerprint density at radius 2 is 1.82 bits per heavy atom. The van der Waals surface area contributed by atoms with Crippen molar-refractivity contribution in [3.8, 4) is 0 Å². The molecule has 22 heavy (non-hydrogen) atoms. The van der Waals surface area contributed by atoms with E-state index in [9.17, 15) is 9.59 Å². The average molecular weight is 343 g/mol. The van der Waals surface area contributed by atoms with Gasteiger partial charge in [-0.25, -0.2) is 0 Å². The Kier molecular flexibility index (Phi) is 4.30. The Balaban J connectivity index is 1.70. The molecule has 3 rings (SSSR count). The van der Waals surface area contributed by atoms with Crippen LogP contribution in [0.1, 0.15) is 12.8 Å². The first kappa shape index (κ1) is 15.6. The minimum atomic E-state index is -0.927. The third-order valence-corrected chi connectivity index (χ3v) is 4.81. The molecule has 1 saturated heterocycles. The zero-order valence-electron chi connectivity index (χ0n) is 11.9. The molecule has 0 spiro atoms. The van der Waals surface area contributed by atoms with Gasteiger partial charge in [0.15, 0.2) is 0 Å². The maximum atomic E-state index is 12.6. The van der Waals surface area contributed by atoms with Crippen molar-refractivity contribution < 1.29 is 14.3 Å². The van der Waals surface area contributed by atoms with E-state index in [4.69, 9.17) is 27.9 Å². The fourth-order valence-corrected chi connectivity index (χ4v) is 2.85. The minimum absolute atomic E-state index is 0.103. The maximum absolute atomic E-state index is 12.6. The first-order chi connectivity index (χ1) is 10.5. The lowest BCUT2D eigenvalue weighted by Gasteiger charge is -2.30. The van der Waals surface area contributed by atoms with Crippen molar-refractivity contribution in [2.75, 3.05) is 31.6 Å². The van der Waals surface area contributed by atoms with E-state index in [0.717, 1.165) is 0 Å². The predicted octanol–water partition coefficient (Wildman–Crippen LogP) is 2.57. The molecule has 1 aliphatic carbocycles. The third-order valence-electron chi connectivity index (χ3n) is 4.07. The summed E-state index contributed by atoms with van der Waals surface area (Å²) in [5.74, 6) is -0.379. The summed E-state index contributed by atoms with van der Waals surface area (Å²) in [5.41, 5.74) is -0.385. The van der Waals surface area contributed by atoms with Crippen LogP contribution in [0.4, 0.5) is 5.69 Å². The summed E-state index contributed by atoms with van der Waals surface area (Å²) in [6.45, 7) is 2.13. The highest BCUT2D eigenvalue weighted by molar-refractivity contribution is 6.42. The molecule has 0 aromatic heterocycles. The molecule has 1 N–H and O–H groups in total. The topological polar surface area (TPSA) is 58.6 Å². The van der Waals surface area contributed by atoms with Gasteiger partial charge in [-0.2, -0.15) is 0 Å². The fourth-order valence-electron chi connectivity index (χ4n) is 2.56. The number of hydrogen-bond acceptors (Lipinski definition) is 3. The first-order valence-electron chi connectivity index (χ1n) is 7.16. The van der Waals surface area contributed by atoms with Gasteiger partial charge in [-0.05, 0) is 31.0 Å². The summed E-state index contributed by atoms with van der Waals surface area (Å²) in [6, 6.07) is 4.86. The first-order valence-corrected chi connectivity index (χ1v) is 7.92. The van der Waals surface area contributed by atoms with Gasteiger partial charge in [-0.1, -0.05) is 23.2 Å². The summed E-state index contributed by atoms with van der Waals surface area (Å²) < 4.78 is 5.24. The second kappa shape index (κ2) is 6.07. The molecule has 0 bridgehead atoms. The number of carbonyl (C=O) groups excluding carboxylic acids is 2.